The lowest BCUT2D eigenvalue weighted by Crippen LogP contribution is -2.36. The summed E-state index contributed by atoms with van der Waals surface area (Å²) in [4.78, 5) is 15.2. The molecule has 1 aromatic rings. The summed E-state index contributed by atoms with van der Waals surface area (Å²) in [6, 6.07) is -0.0703. The van der Waals surface area contributed by atoms with Gasteiger partial charge in [0.2, 0.25) is 0 Å². The van der Waals surface area contributed by atoms with Gasteiger partial charge in [0.25, 0.3) is 0 Å². The fourth-order valence-electron chi connectivity index (χ4n) is 1.32. The van der Waals surface area contributed by atoms with Crippen molar-refractivity contribution in [3.05, 3.63) is 18.7 Å². The topological polar surface area (TPSA) is 59.0 Å². The van der Waals surface area contributed by atoms with Crippen LogP contribution in [0.1, 0.15) is 26.2 Å². The molecule has 2 amide bonds. The minimum atomic E-state index is -0.0703. The second kappa shape index (κ2) is 7.73. The molecular formula is C11H20N4O. The maximum atomic E-state index is 11.2. The van der Waals surface area contributed by atoms with Crippen LogP contribution in [0.5, 0.6) is 0 Å². The van der Waals surface area contributed by atoms with Crippen molar-refractivity contribution in [2.75, 3.05) is 13.1 Å². The summed E-state index contributed by atoms with van der Waals surface area (Å²) < 4.78 is 2.00. The highest BCUT2D eigenvalue weighted by Gasteiger charge is 1.97. The fourth-order valence-corrected chi connectivity index (χ4v) is 1.32. The molecule has 5 nitrogen and oxygen atoms in total. The Morgan fingerprint density at radius 2 is 2.06 bits per heavy atom. The molecule has 90 valence electrons. The van der Waals surface area contributed by atoms with Crippen molar-refractivity contribution in [3.63, 3.8) is 0 Å². The Hall–Kier alpha value is -1.52. The lowest BCUT2D eigenvalue weighted by molar-refractivity contribution is 0.240. The lowest BCUT2D eigenvalue weighted by Gasteiger charge is -2.07. The molecule has 0 atom stereocenters. The van der Waals surface area contributed by atoms with Crippen LogP contribution in [0.25, 0.3) is 0 Å². The maximum Gasteiger partial charge on any atom is 0.314 e. The van der Waals surface area contributed by atoms with Crippen molar-refractivity contribution < 1.29 is 4.79 Å². The summed E-state index contributed by atoms with van der Waals surface area (Å²) in [7, 11) is 0. The minimum absolute atomic E-state index is 0.0703. The zero-order valence-corrected chi connectivity index (χ0v) is 9.78. The van der Waals surface area contributed by atoms with Crippen molar-refractivity contribution in [2.45, 2.75) is 32.7 Å². The van der Waals surface area contributed by atoms with Crippen molar-refractivity contribution in [2.24, 2.45) is 0 Å². The number of aryl methyl sites for hydroxylation is 1. The predicted molar refractivity (Wildman–Crippen MR) is 63.2 cm³/mol. The highest BCUT2D eigenvalue weighted by molar-refractivity contribution is 5.73. The molecule has 1 rings (SSSR count). The Balaban J connectivity index is 1.96. The molecule has 0 fully saturated rings. The third-order valence-electron chi connectivity index (χ3n) is 2.25. The SMILES string of the molecule is CCCCNC(=O)NCCCn1ccnc1. The number of urea groups is 1. The number of amides is 2. The Morgan fingerprint density at radius 1 is 1.31 bits per heavy atom. The average molecular weight is 224 g/mol. The molecule has 5 heteroatoms. The molecule has 0 bridgehead atoms. The molecule has 0 unspecified atom stereocenters. The molecule has 0 aliphatic rings. The summed E-state index contributed by atoms with van der Waals surface area (Å²) >= 11 is 0. The molecule has 0 saturated carbocycles. The molecule has 2 N–H and O–H groups in total. The van der Waals surface area contributed by atoms with Gasteiger partial charge in [-0.1, -0.05) is 13.3 Å². The molecular weight excluding hydrogens is 204 g/mol. The monoisotopic (exact) mass is 224 g/mol. The van der Waals surface area contributed by atoms with E-state index in [-0.39, 0.29) is 6.03 Å². The van der Waals surface area contributed by atoms with Gasteiger partial charge in [-0.2, -0.15) is 0 Å². The fraction of sp³-hybridized carbons (Fsp3) is 0.636. The summed E-state index contributed by atoms with van der Waals surface area (Å²) in [5.41, 5.74) is 0. The van der Waals surface area contributed by atoms with Gasteiger partial charge >= 0.3 is 6.03 Å². The van der Waals surface area contributed by atoms with Crippen molar-refractivity contribution >= 4 is 6.03 Å². The Labute approximate surface area is 96.3 Å². The van der Waals surface area contributed by atoms with Crippen molar-refractivity contribution in [1.82, 2.24) is 20.2 Å². The number of hydrogen-bond donors (Lipinski definition) is 2. The first-order chi connectivity index (χ1) is 7.83. The lowest BCUT2D eigenvalue weighted by atomic mass is 10.3. The van der Waals surface area contributed by atoms with E-state index in [4.69, 9.17) is 0 Å². The van der Waals surface area contributed by atoms with E-state index in [1.807, 2.05) is 10.8 Å². The molecule has 0 saturated heterocycles. The van der Waals surface area contributed by atoms with Crippen LogP contribution in [-0.4, -0.2) is 28.7 Å². The van der Waals surface area contributed by atoms with E-state index in [1.54, 1.807) is 12.5 Å². The molecule has 16 heavy (non-hydrogen) atoms. The summed E-state index contributed by atoms with van der Waals surface area (Å²) in [5.74, 6) is 0. The van der Waals surface area contributed by atoms with Gasteiger partial charge in [0.05, 0.1) is 6.33 Å². The van der Waals surface area contributed by atoms with Gasteiger partial charge in [0.1, 0.15) is 0 Å². The van der Waals surface area contributed by atoms with E-state index < -0.39 is 0 Å². The summed E-state index contributed by atoms with van der Waals surface area (Å²) in [5, 5.41) is 5.63. The van der Waals surface area contributed by atoms with Gasteiger partial charge in [-0.15, -0.1) is 0 Å². The number of nitrogens with zero attached hydrogens (tertiary/aromatic N) is 2. The van der Waals surface area contributed by atoms with E-state index in [9.17, 15) is 4.79 Å². The van der Waals surface area contributed by atoms with Crippen molar-refractivity contribution in [3.8, 4) is 0 Å². The van der Waals surface area contributed by atoms with E-state index in [0.29, 0.717) is 6.54 Å². The highest BCUT2D eigenvalue weighted by atomic mass is 16.2. The second-order valence-corrected chi connectivity index (χ2v) is 3.69. The van der Waals surface area contributed by atoms with Crippen LogP contribution in [0.2, 0.25) is 0 Å². The number of carbonyl (C=O) groups is 1. The summed E-state index contributed by atoms with van der Waals surface area (Å²) in [6.45, 7) is 4.43. The molecule has 0 aromatic carbocycles. The number of hydrogen-bond acceptors (Lipinski definition) is 2. The van der Waals surface area contributed by atoms with E-state index in [0.717, 1.165) is 32.4 Å². The zero-order valence-electron chi connectivity index (χ0n) is 9.78. The van der Waals surface area contributed by atoms with Gasteiger partial charge < -0.3 is 15.2 Å². The largest absolute Gasteiger partial charge is 0.338 e. The number of nitrogens with one attached hydrogen (secondary N) is 2. The smallest absolute Gasteiger partial charge is 0.314 e. The number of imidazole rings is 1. The number of rotatable bonds is 7. The van der Waals surface area contributed by atoms with Gasteiger partial charge in [-0.3, -0.25) is 0 Å². The number of unbranched alkanes of at least 4 members (excludes halogenated alkanes) is 1. The predicted octanol–water partition coefficient (Wildman–Crippen LogP) is 1.37. The standard InChI is InChI=1S/C11H20N4O/c1-2-3-5-13-11(16)14-6-4-8-15-9-7-12-10-15/h7,9-10H,2-6,8H2,1H3,(H2,13,14,16). The molecule has 0 spiro atoms. The number of aromatic nitrogens is 2. The molecule has 0 aliphatic carbocycles. The second-order valence-electron chi connectivity index (χ2n) is 3.69. The van der Waals surface area contributed by atoms with Crippen LogP contribution in [0.4, 0.5) is 4.79 Å². The van der Waals surface area contributed by atoms with E-state index in [1.165, 1.54) is 0 Å². The van der Waals surface area contributed by atoms with Gasteiger partial charge in [0.15, 0.2) is 0 Å². The first-order valence-electron chi connectivity index (χ1n) is 5.80. The van der Waals surface area contributed by atoms with Crippen LogP contribution < -0.4 is 10.6 Å². The summed E-state index contributed by atoms with van der Waals surface area (Å²) in [6.07, 6.45) is 8.49. The molecule has 1 heterocycles. The van der Waals surface area contributed by atoms with Crippen LogP contribution in [0.3, 0.4) is 0 Å². The molecule has 0 radical (unpaired) electrons. The average Bonchev–Trinajstić information content (AvgIpc) is 2.78. The Kier molecular flexibility index (Phi) is 6.06. The van der Waals surface area contributed by atoms with Gasteiger partial charge in [0, 0.05) is 32.0 Å². The van der Waals surface area contributed by atoms with Crippen LogP contribution in [0, 0.1) is 0 Å². The van der Waals surface area contributed by atoms with Crippen LogP contribution in [-0.2, 0) is 6.54 Å². The van der Waals surface area contributed by atoms with Gasteiger partial charge in [-0.05, 0) is 12.8 Å². The third-order valence-corrected chi connectivity index (χ3v) is 2.25. The van der Waals surface area contributed by atoms with E-state index >= 15 is 0 Å². The van der Waals surface area contributed by atoms with Crippen LogP contribution >= 0.6 is 0 Å². The first-order valence-corrected chi connectivity index (χ1v) is 5.80. The maximum absolute atomic E-state index is 11.2. The molecule has 1 aromatic heterocycles. The van der Waals surface area contributed by atoms with Crippen molar-refractivity contribution in [1.29, 1.82) is 0 Å². The highest BCUT2D eigenvalue weighted by Crippen LogP contribution is 1.89. The third kappa shape index (κ3) is 5.38. The first kappa shape index (κ1) is 12.5. The molecule has 0 aliphatic heterocycles. The van der Waals surface area contributed by atoms with E-state index in [2.05, 4.69) is 22.5 Å². The number of carbonyl (C=O) groups excluding carboxylic acids is 1. The Bertz CT molecular complexity index is 284. The Morgan fingerprint density at radius 3 is 2.69 bits per heavy atom. The quantitative estimate of drug-likeness (QED) is 0.687. The normalized spacial score (nSPS) is 10.1. The van der Waals surface area contributed by atoms with Crippen LogP contribution in [0.15, 0.2) is 18.7 Å². The zero-order chi connectivity index (χ0) is 11.6. The van der Waals surface area contributed by atoms with Gasteiger partial charge in [-0.25, -0.2) is 9.78 Å². The minimum Gasteiger partial charge on any atom is -0.338 e.